The number of methoxy groups -OCH3 is 1. The van der Waals surface area contributed by atoms with Crippen molar-refractivity contribution < 1.29 is 14.2 Å². The minimum Gasteiger partial charge on any atom is -0.494 e. The van der Waals surface area contributed by atoms with Crippen molar-refractivity contribution in [2.45, 2.75) is 38.2 Å². The fraction of sp³-hybridized carbons (Fsp3) is 0.444. The molecule has 0 bridgehead atoms. The van der Waals surface area contributed by atoms with Gasteiger partial charge in [-0.2, -0.15) is 4.98 Å². The van der Waals surface area contributed by atoms with E-state index in [4.69, 9.17) is 10.5 Å². The Balaban J connectivity index is 1.59. The first kappa shape index (κ1) is 27.3. The molecule has 0 amide bonds. The summed E-state index contributed by atoms with van der Waals surface area (Å²) in [5.41, 5.74) is 8.73. The lowest BCUT2D eigenvalue weighted by Crippen LogP contribution is -2.29. The van der Waals surface area contributed by atoms with Crippen molar-refractivity contribution >= 4 is 34.6 Å². The third-order valence-electron chi connectivity index (χ3n) is 6.52. The minimum atomic E-state index is -1.27. The lowest BCUT2D eigenvalue weighted by Gasteiger charge is -2.24. The molecule has 11 heteroatoms. The number of aliphatic hydroxyl groups is 1. The van der Waals surface area contributed by atoms with Crippen LogP contribution in [0.2, 0.25) is 0 Å². The van der Waals surface area contributed by atoms with E-state index in [1.807, 2.05) is 27.2 Å². The molecule has 1 fully saturated rings. The molecule has 1 aliphatic rings. The lowest BCUT2D eigenvalue weighted by atomic mass is 9.93. The van der Waals surface area contributed by atoms with Gasteiger partial charge in [0, 0.05) is 37.5 Å². The number of nitrogen functional groups attached to an aromatic ring is 1. The van der Waals surface area contributed by atoms with Gasteiger partial charge in [-0.05, 0) is 70.5 Å². The maximum atomic E-state index is 14.7. The van der Waals surface area contributed by atoms with E-state index in [9.17, 15) is 9.50 Å². The molecule has 1 saturated carbocycles. The van der Waals surface area contributed by atoms with Crippen LogP contribution in [0.3, 0.4) is 0 Å². The SMILES string of the molecule is COc1cc(N(C)CCN(C)C)c(N)cc1Nc1ncnc(Nc2cc(C3CC3)c(F)cc2C(C)(C)O)n1. The van der Waals surface area contributed by atoms with Gasteiger partial charge >= 0.3 is 0 Å². The van der Waals surface area contributed by atoms with Crippen LogP contribution in [0.1, 0.15) is 43.7 Å². The summed E-state index contributed by atoms with van der Waals surface area (Å²) in [6.07, 6.45) is 3.27. The van der Waals surface area contributed by atoms with Crippen molar-refractivity contribution in [3.05, 3.63) is 47.5 Å². The molecule has 1 aliphatic carbocycles. The predicted octanol–water partition coefficient (Wildman–Crippen LogP) is 4.19. The summed E-state index contributed by atoms with van der Waals surface area (Å²) in [6, 6.07) is 6.79. The van der Waals surface area contributed by atoms with Crippen molar-refractivity contribution in [2.75, 3.05) is 62.6 Å². The summed E-state index contributed by atoms with van der Waals surface area (Å²) >= 11 is 0. The first-order valence-electron chi connectivity index (χ1n) is 12.6. The molecule has 0 unspecified atom stereocenters. The first-order valence-corrected chi connectivity index (χ1v) is 12.6. The summed E-state index contributed by atoms with van der Waals surface area (Å²) in [5.74, 6) is 0.979. The molecule has 10 nitrogen and oxygen atoms in total. The summed E-state index contributed by atoms with van der Waals surface area (Å²) < 4.78 is 20.4. The zero-order valence-electron chi connectivity index (χ0n) is 22.8. The molecule has 0 saturated heterocycles. The highest BCUT2D eigenvalue weighted by Crippen LogP contribution is 2.44. The summed E-state index contributed by atoms with van der Waals surface area (Å²) in [4.78, 5) is 17.1. The molecule has 0 aliphatic heterocycles. The standard InChI is InChI=1S/C27H37FN8O2/c1-27(2,37)18-12-19(28)17(16-7-8-16)11-21(18)32-25-30-15-31-26(34-25)33-22-13-20(29)23(14-24(22)38-6)36(5)10-9-35(3)4/h11-16,37H,7-10,29H2,1-6H3,(H2,30,31,32,33,34). The van der Waals surface area contributed by atoms with Gasteiger partial charge in [0.2, 0.25) is 11.9 Å². The highest BCUT2D eigenvalue weighted by Gasteiger charge is 2.30. The van der Waals surface area contributed by atoms with Crippen LogP contribution in [0, 0.1) is 5.82 Å². The summed E-state index contributed by atoms with van der Waals surface area (Å²) in [5, 5.41) is 17.0. The van der Waals surface area contributed by atoms with Crippen LogP contribution in [0.4, 0.5) is 39.0 Å². The number of rotatable bonds is 11. The Bertz CT molecular complexity index is 1290. The van der Waals surface area contributed by atoms with E-state index < -0.39 is 5.60 Å². The van der Waals surface area contributed by atoms with Gasteiger partial charge in [-0.3, -0.25) is 0 Å². The Morgan fingerprint density at radius 1 is 1.05 bits per heavy atom. The number of ether oxygens (including phenoxy) is 1. The molecule has 5 N–H and O–H groups in total. The number of anilines is 6. The van der Waals surface area contributed by atoms with Crippen molar-refractivity contribution in [1.82, 2.24) is 19.9 Å². The fourth-order valence-electron chi connectivity index (χ4n) is 4.22. The Labute approximate surface area is 223 Å². The van der Waals surface area contributed by atoms with E-state index in [1.165, 1.54) is 12.4 Å². The lowest BCUT2D eigenvalue weighted by molar-refractivity contribution is 0.0790. The van der Waals surface area contributed by atoms with Gasteiger partial charge in [0.05, 0.1) is 29.8 Å². The number of nitrogens with two attached hydrogens (primary N) is 1. The quantitative estimate of drug-likeness (QED) is 0.271. The van der Waals surface area contributed by atoms with Crippen molar-refractivity contribution in [1.29, 1.82) is 0 Å². The molecule has 38 heavy (non-hydrogen) atoms. The molecular formula is C27H37FN8O2. The van der Waals surface area contributed by atoms with Gasteiger partial charge in [0.15, 0.2) is 0 Å². The Morgan fingerprint density at radius 2 is 1.71 bits per heavy atom. The largest absolute Gasteiger partial charge is 0.494 e. The van der Waals surface area contributed by atoms with Crippen LogP contribution in [0.25, 0.3) is 0 Å². The fourth-order valence-corrected chi connectivity index (χ4v) is 4.22. The number of halogens is 1. The second-order valence-electron chi connectivity index (χ2n) is 10.5. The number of nitrogens with one attached hydrogen (secondary N) is 2. The molecule has 4 rings (SSSR count). The van der Waals surface area contributed by atoms with Crippen LogP contribution in [-0.4, -0.2) is 66.3 Å². The maximum absolute atomic E-state index is 14.7. The highest BCUT2D eigenvalue weighted by molar-refractivity contribution is 5.79. The molecule has 204 valence electrons. The van der Waals surface area contributed by atoms with Crippen LogP contribution in [0.5, 0.6) is 5.75 Å². The van der Waals surface area contributed by atoms with E-state index in [0.29, 0.717) is 33.9 Å². The molecule has 3 aromatic rings. The third kappa shape index (κ3) is 6.40. The number of likely N-dealkylation sites (N-methyl/N-ethyl adjacent to an activating group) is 2. The number of nitrogens with zero attached hydrogens (tertiary/aromatic N) is 5. The van der Waals surface area contributed by atoms with Crippen LogP contribution >= 0.6 is 0 Å². The Morgan fingerprint density at radius 3 is 2.29 bits per heavy atom. The zero-order chi connectivity index (χ0) is 27.6. The van der Waals surface area contributed by atoms with Crippen molar-refractivity contribution in [3.8, 4) is 5.75 Å². The molecule has 2 aromatic carbocycles. The average Bonchev–Trinajstić information content (AvgIpc) is 3.68. The van der Waals surface area contributed by atoms with Gasteiger partial charge in [-0.25, -0.2) is 14.4 Å². The number of hydrogen-bond donors (Lipinski definition) is 4. The molecular weight excluding hydrogens is 487 g/mol. The number of hydrogen-bond acceptors (Lipinski definition) is 10. The van der Waals surface area contributed by atoms with E-state index in [-0.39, 0.29) is 23.6 Å². The molecule has 0 atom stereocenters. The molecule has 1 heterocycles. The second-order valence-corrected chi connectivity index (χ2v) is 10.5. The molecule has 0 spiro atoms. The average molecular weight is 525 g/mol. The first-order chi connectivity index (χ1) is 18.0. The van der Waals surface area contributed by atoms with Gasteiger partial charge in [-0.1, -0.05) is 0 Å². The monoisotopic (exact) mass is 524 g/mol. The van der Waals surface area contributed by atoms with Crippen LogP contribution in [-0.2, 0) is 5.60 Å². The van der Waals surface area contributed by atoms with Crippen molar-refractivity contribution in [3.63, 3.8) is 0 Å². The zero-order valence-corrected chi connectivity index (χ0v) is 22.8. The molecule has 1 aromatic heterocycles. The van der Waals surface area contributed by atoms with Gasteiger partial charge in [0.1, 0.15) is 17.9 Å². The molecule has 0 radical (unpaired) electrons. The normalized spacial score (nSPS) is 13.5. The van der Waals surface area contributed by atoms with Crippen LogP contribution < -0.4 is 26.0 Å². The number of benzene rings is 2. The van der Waals surface area contributed by atoms with E-state index in [1.54, 1.807) is 33.1 Å². The maximum Gasteiger partial charge on any atom is 0.232 e. The van der Waals surface area contributed by atoms with Gasteiger partial charge in [-0.15, -0.1) is 0 Å². The minimum absolute atomic E-state index is 0.199. The Hall–Kier alpha value is -3.70. The van der Waals surface area contributed by atoms with Crippen LogP contribution in [0.15, 0.2) is 30.6 Å². The van der Waals surface area contributed by atoms with Crippen molar-refractivity contribution in [2.24, 2.45) is 0 Å². The second kappa shape index (κ2) is 11.0. The predicted molar refractivity (Wildman–Crippen MR) is 149 cm³/mol. The summed E-state index contributed by atoms with van der Waals surface area (Å²) in [7, 11) is 7.62. The van der Waals surface area contributed by atoms with Gasteiger partial charge in [0.25, 0.3) is 0 Å². The Kier molecular flexibility index (Phi) is 7.89. The van der Waals surface area contributed by atoms with E-state index in [0.717, 1.165) is 31.6 Å². The highest BCUT2D eigenvalue weighted by atomic mass is 19.1. The van der Waals surface area contributed by atoms with E-state index >= 15 is 0 Å². The third-order valence-corrected chi connectivity index (χ3v) is 6.52. The van der Waals surface area contributed by atoms with Gasteiger partial charge < -0.3 is 36.0 Å². The smallest absolute Gasteiger partial charge is 0.232 e. The number of aromatic nitrogens is 3. The summed E-state index contributed by atoms with van der Waals surface area (Å²) in [6.45, 7) is 4.91. The van der Waals surface area contributed by atoms with E-state index in [2.05, 4.69) is 35.4 Å². The topological polar surface area (TPSA) is 125 Å².